The van der Waals surface area contributed by atoms with E-state index in [2.05, 4.69) is 22.2 Å². The summed E-state index contributed by atoms with van der Waals surface area (Å²) in [6.07, 6.45) is 3.39. The van der Waals surface area contributed by atoms with Gasteiger partial charge in [0.1, 0.15) is 0 Å². The standard InChI is InChI=1S/C12H17N3O/c1-3-7-14-12(16)9-15-10(2)11-6-4-5-8-13-11/h3-6,8,10,15H,1,7,9H2,2H3,(H,14,16). The van der Waals surface area contributed by atoms with Crippen LogP contribution >= 0.6 is 0 Å². The smallest absolute Gasteiger partial charge is 0.234 e. The predicted octanol–water partition coefficient (Wildman–Crippen LogP) is 1.03. The summed E-state index contributed by atoms with van der Waals surface area (Å²) < 4.78 is 0. The number of rotatable bonds is 6. The highest BCUT2D eigenvalue weighted by Gasteiger charge is 2.07. The van der Waals surface area contributed by atoms with Crippen molar-refractivity contribution in [1.29, 1.82) is 0 Å². The second-order valence-electron chi connectivity index (χ2n) is 3.45. The van der Waals surface area contributed by atoms with Crippen molar-refractivity contribution < 1.29 is 4.79 Å². The van der Waals surface area contributed by atoms with Crippen LogP contribution in [0.25, 0.3) is 0 Å². The Kier molecular flexibility index (Phi) is 5.22. The molecule has 0 aliphatic heterocycles. The molecule has 0 spiro atoms. The lowest BCUT2D eigenvalue weighted by molar-refractivity contribution is -0.120. The molecule has 86 valence electrons. The average Bonchev–Trinajstić information content (AvgIpc) is 2.34. The minimum atomic E-state index is -0.0392. The number of hydrogen-bond acceptors (Lipinski definition) is 3. The second kappa shape index (κ2) is 6.74. The molecule has 0 saturated carbocycles. The van der Waals surface area contributed by atoms with Crippen LogP contribution in [0.2, 0.25) is 0 Å². The molecule has 4 heteroatoms. The van der Waals surface area contributed by atoms with E-state index in [9.17, 15) is 4.79 Å². The van der Waals surface area contributed by atoms with E-state index in [4.69, 9.17) is 0 Å². The summed E-state index contributed by atoms with van der Waals surface area (Å²) in [5.41, 5.74) is 0.930. The van der Waals surface area contributed by atoms with E-state index in [1.165, 1.54) is 0 Å². The van der Waals surface area contributed by atoms with Crippen LogP contribution in [0.1, 0.15) is 18.7 Å². The molecule has 0 radical (unpaired) electrons. The van der Waals surface area contributed by atoms with Gasteiger partial charge in [-0.05, 0) is 19.1 Å². The zero-order valence-corrected chi connectivity index (χ0v) is 9.44. The van der Waals surface area contributed by atoms with Gasteiger partial charge in [-0.1, -0.05) is 12.1 Å². The first-order valence-corrected chi connectivity index (χ1v) is 5.26. The van der Waals surface area contributed by atoms with Gasteiger partial charge in [0, 0.05) is 18.8 Å². The minimum absolute atomic E-state index is 0.0392. The number of carbonyl (C=O) groups excluding carboxylic acids is 1. The van der Waals surface area contributed by atoms with Crippen LogP contribution in [0.5, 0.6) is 0 Å². The number of carbonyl (C=O) groups is 1. The Morgan fingerprint density at radius 1 is 1.62 bits per heavy atom. The Balaban J connectivity index is 2.33. The van der Waals surface area contributed by atoms with Crippen molar-refractivity contribution in [3.05, 3.63) is 42.7 Å². The maximum absolute atomic E-state index is 11.3. The van der Waals surface area contributed by atoms with Crippen molar-refractivity contribution >= 4 is 5.91 Å². The number of pyridine rings is 1. The third kappa shape index (κ3) is 4.23. The zero-order valence-electron chi connectivity index (χ0n) is 9.44. The van der Waals surface area contributed by atoms with Crippen LogP contribution < -0.4 is 10.6 Å². The van der Waals surface area contributed by atoms with Crippen molar-refractivity contribution in [2.75, 3.05) is 13.1 Å². The lowest BCUT2D eigenvalue weighted by atomic mass is 10.2. The van der Waals surface area contributed by atoms with Gasteiger partial charge < -0.3 is 10.6 Å². The molecule has 1 aromatic heterocycles. The van der Waals surface area contributed by atoms with Gasteiger partial charge in [0.25, 0.3) is 0 Å². The van der Waals surface area contributed by atoms with E-state index >= 15 is 0 Å². The van der Waals surface area contributed by atoms with E-state index < -0.39 is 0 Å². The maximum atomic E-state index is 11.3. The lowest BCUT2D eigenvalue weighted by Crippen LogP contribution is -2.35. The van der Waals surface area contributed by atoms with Crippen LogP contribution in [0.3, 0.4) is 0 Å². The summed E-state index contributed by atoms with van der Waals surface area (Å²) in [7, 11) is 0. The van der Waals surface area contributed by atoms with Crippen LogP contribution in [-0.4, -0.2) is 24.0 Å². The number of amides is 1. The van der Waals surface area contributed by atoms with Gasteiger partial charge in [0.2, 0.25) is 5.91 Å². The number of nitrogens with one attached hydrogen (secondary N) is 2. The summed E-state index contributed by atoms with van der Waals surface area (Å²) in [6.45, 7) is 6.29. The summed E-state index contributed by atoms with van der Waals surface area (Å²) in [6, 6.07) is 5.79. The molecule has 1 heterocycles. The van der Waals surface area contributed by atoms with Gasteiger partial charge in [-0.2, -0.15) is 0 Å². The maximum Gasteiger partial charge on any atom is 0.234 e. The monoisotopic (exact) mass is 219 g/mol. The van der Waals surface area contributed by atoms with E-state index in [1.807, 2.05) is 25.1 Å². The van der Waals surface area contributed by atoms with Gasteiger partial charge in [0.05, 0.1) is 12.2 Å². The molecular formula is C12H17N3O. The average molecular weight is 219 g/mol. The highest BCUT2D eigenvalue weighted by Crippen LogP contribution is 2.06. The fourth-order valence-electron chi connectivity index (χ4n) is 1.23. The zero-order chi connectivity index (χ0) is 11.8. The summed E-state index contributed by atoms with van der Waals surface area (Å²) in [4.78, 5) is 15.5. The molecule has 1 unspecified atom stereocenters. The van der Waals surface area contributed by atoms with Crippen molar-refractivity contribution in [3.8, 4) is 0 Å². The van der Waals surface area contributed by atoms with Crippen LogP contribution in [-0.2, 0) is 4.79 Å². The largest absolute Gasteiger partial charge is 0.352 e. The normalized spacial score (nSPS) is 11.8. The SMILES string of the molecule is C=CCNC(=O)CNC(C)c1ccccn1. The molecule has 0 aliphatic rings. The van der Waals surface area contributed by atoms with Gasteiger partial charge in [-0.15, -0.1) is 6.58 Å². The Bertz CT molecular complexity index is 337. The fourth-order valence-corrected chi connectivity index (χ4v) is 1.23. The molecule has 1 rings (SSSR count). The molecule has 4 nitrogen and oxygen atoms in total. The molecule has 0 saturated heterocycles. The van der Waals surface area contributed by atoms with Crippen LogP contribution in [0.15, 0.2) is 37.1 Å². The molecule has 0 fully saturated rings. The van der Waals surface area contributed by atoms with Gasteiger partial charge >= 0.3 is 0 Å². The first-order chi connectivity index (χ1) is 7.74. The molecule has 0 aliphatic carbocycles. The Morgan fingerprint density at radius 3 is 3.06 bits per heavy atom. The summed E-state index contributed by atoms with van der Waals surface area (Å²) in [5.74, 6) is -0.0392. The summed E-state index contributed by atoms with van der Waals surface area (Å²) in [5, 5.41) is 5.80. The fraction of sp³-hybridized carbons (Fsp3) is 0.333. The number of nitrogens with zero attached hydrogens (tertiary/aromatic N) is 1. The quantitative estimate of drug-likeness (QED) is 0.703. The highest BCUT2D eigenvalue weighted by atomic mass is 16.1. The van der Waals surface area contributed by atoms with Crippen molar-refractivity contribution in [3.63, 3.8) is 0 Å². The lowest BCUT2D eigenvalue weighted by Gasteiger charge is -2.12. The Hall–Kier alpha value is -1.68. The van der Waals surface area contributed by atoms with E-state index in [0.717, 1.165) is 5.69 Å². The topological polar surface area (TPSA) is 54.0 Å². The van der Waals surface area contributed by atoms with Crippen LogP contribution in [0, 0.1) is 0 Å². The van der Waals surface area contributed by atoms with E-state index in [0.29, 0.717) is 6.54 Å². The minimum Gasteiger partial charge on any atom is -0.352 e. The van der Waals surface area contributed by atoms with Gasteiger partial charge in [-0.25, -0.2) is 0 Å². The van der Waals surface area contributed by atoms with Crippen LogP contribution in [0.4, 0.5) is 0 Å². The molecule has 1 aromatic rings. The Morgan fingerprint density at radius 2 is 2.44 bits per heavy atom. The molecule has 16 heavy (non-hydrogen) atoms. The molecule has 0 bridgehead atoms. The molecular weight excluding hydrogens is 202 g/mol. The van der Waals surface area contributed by atoms with Gasteiger partial charge in [0.15, 0.2) is 0 Å². The molecule has 1 atom stereocenters. The molecule has 1 amide bonds. The van der Waals surface area contributed by atoms with Crippen molar-refractivity contribution in [1.82, 2.24) is 15.6 Å². The first-order valence-electron chi connectivity index (χ1n) is 5.26. The Labute approximate surface area is 95.8 Å². The van der Waals surface area contributed by atoms with E-state index in [1.54, 1.807) is 12.3 Å². The molecule has 0 aromatic carbocycles. The number of hydrogen-bond donors (Lipinski definition) is 2. The van der Waals surface area contributed by atoms with Crippen molar-refractivity contribution in [2.24, 2.45) is 0 Å². The third-order valence-corrected chi connectivity index (χ3v) is 2.14. The number of aromatic nitrogens is 1. The van der Waals surface area contributed by atoms with Crippen molar-refractivity contribution in [2.45, 2.75) is 13.0 Å². The predicted molar refractivity (Wildman–Crippen MR) is 63.9 cm³/mol. The molecule has 2 N–H and O–H groups in total. The van der Waals surface area contributed by atoms with Gasteiger partial charge in [-0.3, -0.25) is 9.78 Å². The second-order valence-corrected chi connectivity index (χ2v) is 3.45. The first kappa shape index (κ1) is 12.4. The highest BCUT2D eigenvalue weighted by molar-refractivity contribution is 5.78. The third-order valence-electron chi connectivity index (χ3n) is 2.14. The summed E-state index contributed by atoms with van der Waals surface area (Å²) >= 11 is 0. The van der Waals surface area contributed by atoms with E-state index in [-0.39, 0.29) is 18.5 Å².